The second-order valence-electron chi connectivity index (χ2n) is 6.60. The first-order chi connectivity index (χ1) is 10.1. The lowest BCUT2D eigenvalue weighted by Gasteiger charge is -2.56. The maximum atomic E-state index is 12.6. The fraction of sp³-hybridized carbons (Fsp3) is 0.625. The molecule has 21 heavy (non-hydrogen) atoms. The third-order valence-corrected chi connectivity index (χ3v) is 7.08. The summed E-state index contributed by atoms with van der Waals surface area (Å²) in [5, 5.41) is 0. The molecule has 1 aromatic carbocycles. The Bertz CT molecular complexity index is 622. The van der Waals surface area contributed by atoms with E-state index in [1.165, 1.54) is 12.8 Å². The summed E-state index contributed by atoms with van der Waals surface area (Å²) < 4.78 is 34.1. The first-order valence-electron chi connectivity index (χ1n) is 7.82. The SMILES string of the molecule is O=S(=O)(N[C@@H]1[C@@H]2CCO[C@@H]2C12CCCC2)c1ccccc1. The van der Waals surface area contributed by atoms with E-state index in [1.807, 2.05) is 6.07 Å². The Morgan fingerprint density at radius 2 is 1.86 bits per heavy atom. The van der Waals surface area contributed by atoms with Crippen molar-refractivity contribution in [2.24, 2.45) is 11.3 Å². The average Bonchev–Trinajstić information content (AvgIpc) is 3.14. The van der Waals surface area contributed by atoms with Crippen molar-refractivity contribution in [1.82, 2.24) is 4.72 Å². The molecule has 1 saturated heterocycles. The van der Waals surface area contributed by atoms with E-state index < -0.39 is 10.0 Å². The van der Waals surface area contributed by atoms with Gasteiger partial charge < -0.3 is 4.74 Å². The highest BCUT2D eigenvalue weighted by atomic mass is 32.2. The van der Waals surface area contributed by atoms with Crippen LogP contribution in [-0.4, -0.2) is 27.2 Å². The van der Waals surface area contributed by atoms with Crippen LogP contribution in [0.15, 0.2) is 35.2 Å². The molecule has 0 radical (unpaired) electrons. The van der Waals surface area contributed by atoms with Gasteiger partial charge in [0.1, 0.15) is 0 Å². The number of benzene rings is 1. The van der Waals surface area contributed by atoms with E-state index in [0.717, 1.165) is 25.9 Å². The lowest BCUT2D eigenvalue weighted by atomic mass is 9.55. The van der Waals surface area contributed by atoms with E-state index in [1.54, 1.807) is 24.3 Å². The van der Waals surface area contributed by atoms with Crippen LogP contribution in [0.5, 0.6) is 0 Å². The standard InChI is InChI=1S/C16H21NO3S/c18-21(19,12-6-2-1-3-7-12)17-14-13-8-11-20-15(13)16(14)9-4-5-10-16/h1-3,6-7,13-15,17H,4-5,8-11H2/t13-,14+,15-/m0/s1. The molecule has 4 rings (SSSR count). The predicted molar refractivity (Wildman–Crippen MR) is 79.3 cm³/mol. The van der Waals surface area contributed by atoms with Crippen LogP contribution in [0.1, 0.15) is 32.1 Å². The van der Waals surface area contributed by atoms with Gasteiger partial charge in [-0.25, -0.2) is 13.1 Å². The molecular weight excluding hydrogens is 286 g/mol. The number of hydrogen-bond donors (Lipinski definition) is 1. The molecule has 5 heteroatoms. The smallest absolute Gasteiger partial charge is 0.240 e. The molecule has 0 unspecified atom stereocenters. The van der Waals surface area contributed by atoms with E-state index in [9.17, 15) is 8.42 Å². The molecule has 4 nitrogen and oxygen atoms in total. The van der Waals surface area contributed by atoms with E-state index in [0.29, 0.717) is 10.8 Å². The second-order valence-corrected chi connectivity index (χ2v) is 8.31. The highest BCUT2D eigenvalue weighted by Crippen LogP contribution is 2.60. The van der Waals surface area contributed by atoms with Crippen molar-refractivity contribution in [2.45, 2.75) is 49.1 Å². The summed E-state index contributed by atoms with van der Waals surface area (Å²) in [7, 11) is -3.43. The summed E-state index contributed by atoms with van der Waals surface area (Å²) in [5.41, 5.74) is 0.0585. The van der Waals surface area contributed by atoms with Crippen molar-refractivity contribution < 1.29 is 13.2 Å². The molecule has 1 heterocycles. The summed E-state index contributed by atoms with van der Waals surface area (Å²) >= 11 is 0. The van der Waals surface area contributed by atoms with Crippen LogP contribution < -0.4 is 4.72 Å². The molecule has 1 spiro atoms. The molecule has 2 saturated carbocycles. The normalized spacial score (nSPS) is 33.8. The van der Waals surface area contributed by atoms with Crippen molar-refractivity contribution in [3.05, 3.63) is 30.3 Å². The van der Waals surface area contributed by atoms with Crippen molar-refractivity contribution in [2.75, 3.05) is 6.61 Å². The van der Waals surface area contributed by atoms with Crippen LogP contribution >= 0.6 is 0 Å². The molecule has 114 valence electrons. The monoisotopic (exact) mass is 307 g/mol. The van der Waals surface area contributed by atoms with Gasteiger partial charge in [-0.3, -0.25) is 0 Å². The molecule has 0 aromatic heterocycles. The average molecular weight is 307 g/mol. The van der Waals surface area contributed by atoms with Gasteiger partial charge >= 0.3 is 0 Å². The number of fused-ring (bicyclic) bond motifs is 2. The van der Waals surface area contributed by atoms with Gasteiger partial charge in [-0.15, -0.1) is 0 Å². The van der Waals surface area contributed by atoms with Gasteiger partial charge in [0.05, 0.1) is 11.0 Å². The summed E-state index contributed by atoms with van der Waals surface area (Å²) in [6.45, 7) is 0.778. The van der Waals surface area contributed by atoms with Gasteiger partial charge in [-0.2, -0.15) is 0 Å². The first-order valence-corrected chi connectivity index (χ1v) is 9.31. The quantitative estimate of drug-likeness (QED) is 0.932. The fourth-order valence-corrected chi connectivity index (χ4v) is 6.09. The summed E-state index contributed by atoms with van der Waals surface area (Å²) in [5.74, 6) is 0.363. The van der Waals surface area contributed by atoms with Crippen LogP contribution in [-0.2, 0) is 14.8 Å². The van der Waals surface area contributed by atoms with Gasteiger partial charge in [0.25, 0.3) is 0 Å². The number of ether oxygens (including phenoxy) is 1. The fourth-order valence-electron chi connectivity index (χ4n) is 4.69. The Kier molecular flexibility index (Phi) is 3.14. The Morgan fingerprint density at radius 3 is 2.57 bits per heavy atom. The van der Waals surface area contributed by atoms with E-state index in [-0.39, 0.29) is 17.6 Å². The van der Waals surface area contributed by atoms with Gasteiger partial charge in [-0.05, 0) is 31.4 Å². The largest absolute Gasteiger partial charge is 0.377 e. The van der Waals surface area contributed by atoms with Crippen LogP contribution in [0.25, 0.3) is 0 Å². The summed E-state index contributed by atoms with van der Waals surface area (Å²) in [6.07, 6.45) is 5.83. The molecule has 1 N–H and O–H groups in total. The molecule has 0 amide bonds. The Hall–Kier alpha value is -0.910. The minimum atomic E-state index is -3.43. The number of nitrogens with one attached hydrogen (secondary N) is 1. The molecule has 3 atom stereocenters. The van der Waals surface area contributed by atoms with Crippen molar-refractivity contribution >= 4 is 10.0 Å². The van der Waals surface area contributed by atoms with Gasteiger partial charge in [0.2, 0.25) is 10.0 Å². The third-order valence-electron chi connectivity index (χ3n) is 5.62. The van der Waals surface area contributed by atoms with Crippen LogP contribution in [0.2, 0.25) is 0 Å². The molecule has 0 bridgehead atoms. The Labute approximate surface area is 125 Å². The highest BCUT2D eigenvalue weighted by Gasteiger charge is 2.65. The molecule has 3 aliphatic rings. The maximum Gasteiger partial charge on any atom is 0.240 e. The number of hydrogen-bond acceptors (Lipinski definition) is 3. The lowest BCUT2D eigenvalue weighted by molar-refractivity contribution is -0.123. The Morgan fingerprint density at radius 1 is 1.14 bits per heavy atom. The van der Waals surface area contributed by atoms with E-state index in [2.05, 4.69) is 4.72 Å². The number of sulfonamides is 1. The van der Waals surface area contributed by atoms with Crippen molar-refractivity contribution in [3.63, 3.8) is 0 Å². The molecule has 3 fully saturated rings. The topological polar surface area (TPSA) is 55.4 Å². The van der Waals surface area contributed by atoms with Crippen LogP contribution in [0.4, 0.5) is 0 Å². The zero-order valence-electron chi connectivity index (χ0n) is 12.0. The first kappa shape index (κ1) is 13.7. The van der Waals surface area contributed by atoms with Crippen molar-refractivity contribution in [1.29, 1.82) is 0 Å². The molecular formula is C16H21NO3S. The molecule has 2 aliphatic carbocycles. The number of rotatable bonds is 3. The predicted octanol–water partition coefficient (Wildman–Crippen LogP) is 2.31. The van der Waals surface area contributed by atoms with Gasteiger partial charge in [0, 0.05) is 24.0 Å². The maximum absolute atomic E-state index is 12.6. The van der Waals surface area contributed by atoms with Gasteiger partial charge in [0.15, 0.2) is 0 Å². The third kappa shape index (κ3) is 1.98. The van der Waals surface area contributed by atoms with Gasteiger partial charge in [-0.1, -0.05) is 31.0 Å². The summed E-state index contributed by atoms with van der Waals surface area (Å²) in [4.78, 5) is 0.362. The Balaban J connectivity index is 1.61. The second kappa shape index (κ2) is 4.80. The molecule has 1 aromatic rings. The zero-order valence-corrected chi connectivity index (χ0v) is 12.8. The summed E-state index contributed by atoms with van der Waals surface area (Å²) in [6, 6.07) is 8.74. The van der Waals surface area contributed by atoms with E-state index in [4.69, 9.17) is 4.74 Å². The molecule has 1 aliphatic heterocycles. The lowest BCUT2D eigenvalue weighted by Crippen LogP contribution is -2.68. The van der Waals surface area contributed by atoms with Crippen molar-refractivity contribution in [3.8, 4) is 0 Å². The van der Waals surface area contributed by atoms with E-state index >= 15 is 0 Å². The van der Waals surface area contributed by atoms with Crippen LogP contribution in [0.3, 0.4) is 0 Å². The van der Waals surface area contributed by atoms with Crippen LogP contribution in [0, 0.1) is 11.3 Å². The minimum Gasteiger partial charge on any atom is -0.377 e. The zero-order chi connectivity index (χ0) is 14.5. The highest BCUT2D eigenvalue weighted by molar-refractivity contribution is 7.89. The minimum absolute atomic E-state index is 0.0534.